The van der Waals surface area contributed by atoms with E-state index in [4.69, 9.17) is 5.11 Å². The summed E-state index contributed by atoms with van der Waals surface area (Å²) in [6, 6.07) is 11.8. The molecule has 0 aliphatic heterocycles. The molecule has 0 spiro atoms. The molecule has 2 rings (SSSR count). The number of aryl methyl sites for hydroxylation is 3. The van der Waals surface area contributed by atoms with E-state index in [2.05, 4.69) is 13.0 Å². The fourth-order valence-corrected chi connectivity index (χ4v) is 2.16. The molecule has 0 saturated carbocycles. The van der Waals surface area contributed by atoms with Crippen LogP contribution in [0.5, 0.6) is 0 Å². The molecule has 0 bridgehead atoms. The molecular weight excluding hydrogens is 224 g/mol. The van der Waals surface area contributed by atoms with Crippen LogP contribution in [0, 0.1) is 20.8 Å². The molecule has 92 valence electrons. The van der Waals surface area contributed by atoms with Gasteiger partial charge < -0.3 is 5.11 Å². The summed E-state index contributed by atoms with van der Waals surface area (Å²) in [7, 11) is 0. The highest BCUT2D eigenvalue weighted by Crippen LogP contribution is 2.26. The second-order valence-electron chi connectivity index (χ2n) is 4.65. The van der Waals surface area contributed by atoms with Gasteiger partial charge in [-0.1, -0.05) is 35.9 Å². The van der Waals surface area contributed by atoms with Crippen LogP contribution < -0.4 is 0 Å². The van der Waals surface area contributed by atoms with Crippen LogP contribution in [0.15, 0.2) is 36.4 Å². The van der Waals surface area contributed by atoms with Crippen molar-refractivity contribution in [3.05, 3.63) is 58.7 Å². The van der Waals surface area contributed by atoms with Crippen LogP contribution in [-0.4, -0.2) is 11.1 Å². The minimum absolute atomic E-state index is 0.368. The zero-order valence-corrected chi connectivity index (χ0v) is 10.8. The fourth-order valence-electron chi connectivity index (χ4n) is 2.16. The third-order valence-corrected chi connectivity index (χ3v) is 3.16. The average Bonchev–Trinajstić information content (AvgIpc) is 2.30. The molecule has 0 amide bonds. The summed E-state index contributed by atoms with van der Waals surface area (Å²) >= 11 is 0. The lowest BCUT2D eigenvalue weighted by atomic mass is 9.95. The van der Waals surface area contributed by atoms with E-state index < -0.39 is 5.97 Å². The van der Waals surface area contributed by atoms with Gasteiger partial charge in [0.05, 0.1) is 5.56 Å². The number of benzene rings is 2. The standard InChI is InChI=1S/C16H16O2/c1-10-4-7-14(12(3)8-10)13-6-5-11(2)15(9-13)16(17)18/h4-9H,1-3H3,(H,17,18). The third-order valence-electron chi connectivity index (χ3n) is 3.16. The summed E-state index contributed by atoms with van der Waals surface area (Å²) in [6.45, 7) is 5.91. The number of carbonyl (C=O) groups is 1. The second-order valence-corrected chi connectivity index (χ2v) is 4.65. The normalized spacial score (nSPS) is 10.4. The Hall–Kier alpha value is -2.09. The first-order valence-corrected chi connectivity index (χ1v) is 5.90. The molecule has 2 heteroatoms. The van der Waals surface area contributed by atoms with E-state index in [1.807, 2.05) is 38.1 Å². The first kappa shape index (κ1) is 12.4. The van der Waals surface area contributed by atoms with Gasteiger partial charge in [0.2, 0.25) is 0 Å². The monoisotopic (exact) mass is 240 g/mol. The lowest BCUT2D eigenvalue weighted by molar-refractivity contribution is 0.0696. The summed E-state index contributed by atoms with van der Waals surface area (Å²) in [4.78, 5) is 11.1. The topological polar surface area (TPSA) is 37.3 Å². The quantitative estimate of drug-likeness (QED) is 0.862. The molecular formula is C16H16O2. The van der Waals surface area contributed by atoms with Crippen molar-refractivity contribution >= 4 is 5.97 Å². The Labute approximate surface area is 107 Å². The lowest BCUT2D eigenvalue weighted by Crippen LogP contribution is -2.00. The maximum atomic E-state index is 11.1. The Bertz CT molecular complexity index is 612. The number of carboxylic acids is 1. The summed E-state index contributed by atoms with van der Waals surface area (Å²) in [5.41, 5.74) is 5.57. The van der Waals surface area contributed by atoms with E-state index >= 15 is 0 Å². The number of hydrogen-bond donors (Lipinski definition) is 1. The zero-order valence-electron chi connectivity index (χ0n) is 10.8. The van der Waals surface area contributed by atoms with Crippen molar-refractivity contribution in [1.29, 1.82) is 0 Å². The van der Waals surface area contributed by atoms with Crippen molar-refractivity contribution in [3.8, 4) is 11.1 Å². The number of hydrogen-bond acceptors (Lipinski definition) is 1. The Kier molecular flexibility index (Phi) is 3.19. The van der Waals surface area contributed by atoms with E-state index in [0.29, 0.717) is 5.56 Å². The molecule has 0 aliphatic carbocycles. The van der Waals surface area contributed by atoms with Crippen LogP contribution in [0.2, 0.25) is 0 Å². The Balaban J connectivity index is 2.58. The summed E-state index contributed by atoms with van der Waals surface area (Å²) in [6.07, 6.45) is 0. The van der Waals surface area contributed by atoms with Crippen LogP contribution in [0.4, 0.5) is 0 Å². The van der Waals surface area contributed by atoms with Gasteiger partial charge in [0, 0.05) is 0 Å². The van der Waals surface area contributed by atoms with Gasteiger partial charge in [-0.3, -0.25) is 0 Å². The van der Waals surface area contributed by atoms with Gasteiger partial charge in [-0.25, -0.2) is 4.79 Å². The predicted octanol–water partition coefficient (Wildman–Crippen LogP) is 3.98. The van der Waals surface area contributed by atoms with E-state index in [1.54, 1.807) is 6.07 Å². The SMILES string of the molecule is Cc1ccc(-c2ccc(C)c(C(=O)O)c2)c(C)c1. The van der Waals surface area contributed by atoms with Crippen LogP contribution in [-0.2, 0) is 0 Å². The molecule has 18 heavy (non-hydrogen) atoms. The molecule has 0 unspecified atom stereocenters. The minimum Gasteiger partial charge on any atom is -0.478 e. The van der Waals surface area contributed by atoms with E-state index in [1.165, 1.54) is 5.56 Å². The summed E-state index contributed by atoms with van der Waals surface area (Å²) in [5.74, 6) is -0.876. The third kappa shape index (κ3) is 2.28. The summed E-state index contributed by atoms with van der Waals surface area (Å²) < 4.78 is 0. The zero-order chi connectivity index (χ0) is 13.3. The Morgan fingerprint density at radius 1 is 0.944 bits per heavy atom. The molecule has 0 radical (unpaired) electrons. The van der Waals surface area contributed by atoms with Crippen molar-refractivity contribution in [2.75, 3.05) is 0 Å². The highest BCUT2D eigenvalue weighted by atomic mass is 16.4. The van der Waals surface area contributed by atoms with Gasteiger partial charge in [-0.2, -0.15) is 0 Å². The Morgan fingerprint density at radius 3 is 2.28 bits per heavy atom. The van der Waals surface area contributed by atoms with E-state index in [9.17, 15) is 4.79 Å². The number of carboxylic acid groups (broad SMARTS) is 1. The van der Waals surface area contributed by atoms with Crippen LogP contribution in [0.3, 0.4) is 0 Å². The molecule has 0 heterocycles. The molecule has 0 fully saturated rings. The van der Waals surface area contributed by atoms with Crippen LogP contribution in [0.25, 0.3) is 11.1 Å². The number of aromatic carboxylic acids is 1. The van der Waals surface area contributed by atoms with Gasteiger partial charge >= 0.3 is 5.97 Å². The van der Waals surface area contributed by atoms with Crippen molar-refractivity contribution in [2.45, 2.75) is 20.8 Å². The van der Waals surface area contributed by atoms with Crippen LogP contribution >= 0.6 is 0 Å². The molecule has 0 saturated heterocycles. The molecule has 0 atom stereocenters. The highest BCUT2D eigenvalue weighted by molar-refractivity contribution is 5.91. The molecule has 2 aromatic carbocycles. The van der Waals surface area contributed by atoms with E-state index in [0.717, 1.165) is 22.3 Å². The average molecular weight is 240 g/mol. The van der Waals surface area contributed by atoms with Crippen molar-refractivity contribution in [2.24, 2.45) is 0 Å². The predicted molar refractivity (Wildman–Crippen MR) is 73.0 cm³/mol. The first-order chi connectivity index (χ1) is 8.49. The molecule has 2 aromatic rings. The Morgan fingerprint density at radius 2 is 1.67 bits per heavy atom. The lowest BCUT2D eigenvalue weighted by Gasteiger charge is -2.09. The first-order valence-electron chi connectivity index (χ1n) is 5.90. The molecule has 1 N–H and O–H groups in total. The number of rotatable bonds is 2. The minimum atomic E-state index is -0.876. The van der Waals surface area contributed by atoms with Gasteiger partial charge in [0.25, 0.3) is 0 Å². The smallest absolute Gasteiger partial charge is 0.335 e. The maximum absolute atomic E-state index is 11.1. The van der Waals surface area contributed by atoms with Crippen LogP contribution in [0.1, 0.15) is 27.0 Å². The molecule has 0 aliphatic rings. The van der Waals surface area contributed by atoms with Crippen molar-refractivity contribution in [1.82, 2.24) is 0 Å². The van der Waals surface area contributed by atoms with Crippen molar-refractivity contribution < 1.29 is 9.90 Å². The summed E-state index contributed by atoms with van der Waals surface area (Å²) in [5, 5.41) is 9.15. The second kappa shape index (κ2) is 4.65. The molecule has 2 nitrogen and oxygen atoms in total. The highest BCUT2D eigenvalue weighted by Gasteiger charge is 2.09. The molecule has 0 aromatic heterocycles. The largest absolute Gasteiger partial charge is 0.478 e. The van der Waals surface area contributed by atoms with Gasteiger partial charge in [0.15, 0.2) is 0 Å². The van der Waals surface area contributed by atoms with Gasteiger partial charge in [0.1, 0.15) is 0 Å². The van der Waals surface area contributed by atoms with Gasteiger partial charge in [-0.05, 0) is 49.1 Å². The fraction of sp³-hybridized carbons (Fsp3) is 0.188. The van der Waals surface area contributed by atoms with Gasteiger partial charge in [-0.15, -0.1) is 0 Å². The van der Waals surface area contributed by atoms with Crippen molar-refractivity contribution in [3.63, 3.8) is 0 Å². The van der Waals surface area contributed by atoms with E-state index in [-0.39, 0.29) is 0 Å². The maximum Gasteiger partial charge on any atom is 0.335 e.